The van der Waals surface area contributed by atoms with Crippen LogP contribution in [0.2, 0.25) is 0 Å². The van der Waals surface area contributed by atoms with Crippen molar-refractivity contribution in [1.82, 2.24) is 19.5 Å². The van der Waals surface area contributed by atoms with Gasteiger partial charge < -0.3 is 35.2 Å². The number of rotatable bonds is 5. The number of nitrogen functional groups attached to an aromatic ring is 1. The van der Waals surface area contributed by atoms with E-state index in [9.17, 15) is 14.8 Å². The average Bonchev–Trinajstić information content (AvgIpc) is 3.08. The summed E-state index contributed by atoms with van der Waals surface area (Å²) in [6, 6.07) is -0.0267. The van der Waals surface area contributed by atoms with Gasteiger partial charge in [-0.15, -0.1) is 0 Å². The molecule has 0 saturated carbocycles. The molecule has 0 radical (unpaired) electrons. The monoisotopic (exact) mass is 377 g/mol. The molecule has 25 heavy (non-hydrogen) atoms. The SMILES string of the molecule is COc1nc(N)c2ncn([C@@H]3O[C@H](COP(=O)(O)O)[C@@H](O)[C@@H]3O)c2n1. The minimum atomic E-state index is -4.75. The standard InChI is InChI=1S/C11H16N5O8P/c1-22-11-14-8(12)5-9(15-11)16(3-13-5)10-7(18)6(17)4(24-10)2-23-25(19,20)21/h3-4,6-7,10,17-18H,2H2,1H3,(H2,12,14,15)(H2,19,20,21)/t4-,6-,7+,10-/m1/s1. The number of hydrogen-bond acceptors (Lipinski definition) is 10. The van der Waals surface area contributed by atoms with Crippen LogP contribution >= 0.6 is 7.82 Å². The van der Waals surface area contributed by atoms with Crippen molar-refractivity contribution in [3.05, 3.63) is 6.33 Å². The molecule has 1 saturated heterocycles. The molecule has 13 nitrogen and oxygen atoms in total. The lowest BCUT2D eigenvalue weighted by Crippen LogP contribution is -2.33. The van der Waals surface area contributed by atoms with E-state index in [1.54, 1.807) is 0 Å². The number of imidazole rings is 1. The Hall–Kier alpha value is -1.86. The number of hydrogen-bond donors (Lipinski definition) is 5. The van der Waals surface area contributed by atoms with E-state index in [1.165, 1.54) is 18.0 Å². The van der Waals surface area contributed by atoms with Crippen molar-refractivity contribution < 1.29 is 38.6 Å². The lowest BCUT2D eigenvalue weighted by molar-refractivity contribution is -0.0504. The minimum absolute atomic E-state index is 0.0267. The van der Waals surface area contributed by atoms with Gasteiger partial charge in [0.2, 0.25) is 0 Å². The van der Waals surface area contributed by atoms with Crippen molar-refractivity contribution in [3.8, 4) is 6.01 Å². The third kappa shape index (κ3) is 3.43. The zero-order valence-electron chi connectivity index (χ0n) is 12.8. The van der Waals surface area contributed by atoms with Crippen LogP contribution in [0.25, 0.3) is 11.2 Å². The molecule has 0 spiro atoms. The Balaban J connectivity index is 1.90. The van der Waals surface area contributed by atoms with Crippen molar-refractivity contribution in [2.24, 2.45) is 0 Å². The smallest absolute Gasteiger partial charge is 0.467 e. The Labute approximate surface area is 140 Å². The maximum atomic E-state index is 10.8. The number of nitrogens with zero attached hydrogens (tertiary/aromatic N) is 4. The maximum absolute atomic E-state index is 10.8. The first kappa shape index (κ1) is 17.9. The fourth-order valence-electron chi connectivity index (χ4n) is 2.46. The summed E-state index contributed by atoms with van der Waals surface area (Å²) in [4.78, 5) is 29.5. The maximum Gasteiger partial charge on any atom is 0.469 e. The molecule has 138 valence electrons. The largest absolute Gasteiger partial charge is 0.469 e. The van der Waals surface area contributed by atoms with E-state index in [-0.39, 0.29) is 23.0 Å². The highest BCUT2D eigenvalue weighted by atomic mass is 31.2. The van der Waals surface area contributed by atoms with E-state index in [1.807, 2.05) is 0 Å². The fourth-order valence-corrected chi connectivity index (χ4v) is 2.80. The molecule has 4 atom stereocenters. The number of aliphatic hydroxyl groups excluding tert-OH is 2. The van der Waals surface area contributed by atoms with Gasteiger partial charge in [0.1, 0.15) is 18.3 Å². The highest BCUT2D eigenvalue weighted by molar-refractivity contribution is 7.46. The number of methoxy groups -OCH3 is 1. The van der Waals surface area contributed by atoms with Gasteiger partial charge in [-0.05, 0) is 0 Å². The quantitative estimate of drug-likeness (QED) is 0.365. The number of anilines is 1. The molecular formula is C11H16N5O8P. The summed E-state index contributed by atoms with van der Waals surface area (Å²) in [7, 11) is -3.40. The predicted molar refractivity (Wildman–Crippen MR) is 80.2 cm³/mol. The van der Waals surface area contributed by atoms with Gasteiger partial charge in [0.05, 0.1) is 20.0 Å². The van der Waals surface area contributed by atoms with Crippen molar-refractivity contribution in [3.63, 3.8) is 0 Å². The number of ether oxygens (including phenoxy) is 2. The van der Waals surface area contributed by atoms with Crippen LogP contribution < -0.4 is 10.5 Å². The van der Waals surface area contributed by atoms with Crippen molar-refractivity contribution in [1.29, 1.82) is 0 Å². The normalized spacial score (nSPS) is 27.1. The van der Waals surface area contributed by atoms with Gasteiger partial charge >= 0.3 is 13.8 Å². The molecule has 0 aliphatic carbocycles. The molecule has 6 N–H and O–H groups in total. The first-order valence-electron chi connectivity index (χ1n) is 6.97. The summed E-state index contributed by atoms with van der Waals surface area (Å²) in [5, 5.41) is 20.2. The average molecular weight is 377 g/mol. The van der Waals surface area contributed by atoms with Crippen molar-refractivity contribution >= 4 is 24.8 Å². The molecule has 0 bridgehead atoms. The lowest BCUT2D eigenvalue weighted by atomic mass is 10.1. The first-order valence-corrected chi connectivity index (χ1v) is 8.50. The van der Waals surface area contributed by atoms with E-state index in [4.69, 9.17) is 25.0 Å². The van der Waals surface area contributed by atoms with Crippen LogP contribution in [0.4, 0.5) is 5.82 Å². The Morgan fingerprint density at radius 2 is 2.08 bits per heavy atom. The summed E-state index contributed by atoms with van der Waals surface area (Å²) in [6.07, 6.45) is -3.90. The predicted octanol–water partition coefficient (Wildman–Crippen LogP) is -1.85. The third-order valence-electron chi connectivity index (χ3n) is 3.63. The molecule has 2 aromatic heterocycles. The van der Waals surface area contributed by atoms with Gasteiger partial charge in [0.15, 0.2) is 23.2 Å². The van der Waals surface area contributed by atoms with Crippen LogP contribution in [-0.2, 0) is 13.8 Å². The molecule has 1 fully saturated rings. The number of nitrogens with two attached hydrogens (primary N) is 1. The van der Waals surface area contributed by atoms with E-state index < -0.39 is 39.0 Å². The van der Waals surface area contributed by atoms with Crippen molar-refractivity contribution in [2.45, 2.75) is 24.5 Å². The Morgan fingerprint density at radius 3 is 2.72 bits per heavy atom. The van der Waals surface area contributed by atoms with E-state index >= 15 is 0 Å². The van der Waals surface area contributed by atoms with Gasteiger partial charge in [-0.1, -0.05) is 0 Å². The van der Waals surface area contributed by atoms with Gasteiger partial charge in [-0.2, -0.15) is 9.97 Å². The van der Waals surface area contributed by atoms with Crippen LogP contribution in [0, 0.1) is 0 Å². The van der Waals surface area contributed by atoms with Gasteiger partial charge in [0, 0.05) is 0 Å². The highest BCUT2D eigenvalue weighted by Crippen LogP contribution is 2.39. The number of aliphatic hydroxyl groups is 2. The zero-order chi connectivity index (χ0) is 18.4. The molecule has 14 heteroatoms. The van der Waals surface area contributed by atoms with Crippen molar-refractivity contribution in [2.75, 3.05) is 19.5 Å². The van der Waals surface area contributed by atoms with Crippen LogP contribution in [0.5, 0.6) is 6.01 Å². The molecule has 3 rings (SSSR count). The topological polar surface area (TPSA) is 195 Å². The summed E-state index contributed by atoms with van der Waals surface area (Å²) in [5.74, 6) is 0.0509. The Kier molecular flexibility index (Phi) is 4.64. The third-order valence-corrected chi connectivity index (χ3v) is 4.11. The van der Waals surface area contributed by atoms with Gasteiger partial charge in [0.25, 0.3) is 0 Å². The fraction of sp³-hybridized carbons (Fsp3) is 0.545. The Morgan fingerprint density at radius 1 is 1.36 bits per heavy atom. The van der Waals surface area contributed by atoms with Gasteiger partial charge in [-0.25, -0.2) is 9.55 Å². The number of phosphoric acid groups is 1. The molecular weight excluding hydrogens is 361 g/mol. The second kappa shape index (κ2) is 6.46. The molecule has 2 aromatic rings. The number of aromatic nitrogens is 4. The molecule has 1 aliphatic rings. The minimum Gasteiger partial charge on any atom is -0.467 e. The second-order valence-electron chi connectivity index (χ2n) is 5.25. The van der Waals surface area contributed by atoms with E-state index in [2.05, 4.69) is 19.5 Å². The van der Waals surface area contributed by atoms with Crippen LogP contribution in [-0.4, -0.2) is 71.5 Å². The summed E-state index contributed by atoms with van der Waals surface area (Å²) in [6.45, 7) is -0.619. The number of phosphoric ester groups is 1. The van der Waals surface area contributed by atoms with Crippen LogP contribution in [0.3, 0.4) is 0 Å². The summed E-state index contributed by atoms with van der Waals surface area (Å²) >= 11 is 0. The zero-order valence-corrected chi connectivity index (χ0v) is 13.7. The van der Waals surface area contributed by atoms with Crippen LogP contribution in [0.15, 0.2) is 6.33 Å². The molecule has 3 heterocycles. The summed E-state index contributed by atoms with van der Waals surface area (Å²) < 4.78 is 26.8. The van der Waals surface area contributed by atoms with Crippen LogP contribution in [0.1, 0.15) is 6.23 Å². The summed E-state index contributed by atoms with van der Waals surface area (Å²) in [5.41, 5.74) is 6.19. The van der Waals surface area contributed by atoms with E-state index in [0.29, 0.717) is 0 Å². The molecule has 0 aromatic carbocycles. The highest BCUT2D eigenvalue weighted by Gasteiger charge is 2.45. The Bertz CT molecular complexity index is 824. The number of fused-ring (bicyclic) bond motifs is 1. The second-order valence-corrected chi connectivity index (χ2v) is 6.49. The molecule has 1 aliphatic heterocycles. The molecule has 0 unspecified atom stereocenters. The first-order chi connectivity index (χ1) is 11.7. The van der Waals surface area contributed by atoms with E-state index in [0.717, 1.165) is 0 Å². The molecule has 0 amide bonds. The van der Waals surface area contributed by atoms with Gasteiger partial charge in [-0.3, -0.25) is 9.09 Å². The lowest BCUT2D eigenvalue weighted by Gasteiger charge is -2.16.